The summed E-state index contributed by atoms with van der Waals surface area (Å²) < 4.78 is 40.4. The number of nitrogens with zero attached hydrogens (tertiary/aromatic N) is 3. The van der Waals surface area contributed by atoms with Crippen LogP contribution in [-0.2, 0) is 30.1 Å². The molecular formula is C39H50F3N7O6. The molecule has 2 aromatic rings. The number of alkyl halides is 3. The maximum atomic E-state index is 14.5. The Morgan fingerprint density at radius 1 is 0.873 bits per heavy atom. The lowest BCUT2D eigenvalue weighted by Gasteiger charge is -2.36. The van der Waals surface area contributed by atoms with Gasteiger partial charge in [0.1, 0.15) is 17.8 Å². The van der Waals surface area contributed by atoms with Crippen LogP contribution in [0.5, 0.6) is 0 Å². The fourth-order valence-corrected chi connectivity index (χ4v) is 7.81. The first-order chi connectivity index (χ1) is 25.9. The summed E-state index contributed by atoms with van der Waals surface area (Å²) in [6.07, 6.45) is 6.39. The van der Waals surface area contributed by atoms with Crippen LogP contribution in [0.2, 0.25) is 0 Å². The standard InChI is InChI=1S/C39H50F3N7O6/c1-38(2,3)32(48-36(54)30(24-10-5-4-6-11-24)47-35(53)29-19-44-16-17-45-29)37(55)49-20-26(23-12-14-25(15-13-23)39(40,41)42)27(21-49)34(52)46-28(31(50)33(43)51)18-22-8-7-9-22/h12-17,19,22,24,26-28,30,32H,4-11,18,20-21H2,1-3H3,(H2,43,51)(H,46,52)(H,47,53)(H,48,54)/t26-,27?,28?,30+,32-/m0/s1. The van der Waals surface area contributed by atoms with Crippen LogP contribution in [0.4, 0.5) is 13.2 Å². The van der Waals surface area contributed by atoms with E-state index in [2.05, 4.69) is 25.9 Å². The second-order valence-corrected chi connectivity index (χ2v) is 16.1. The second kappa shape index (κ2) is 17.3. The molecule has 13 nitrogen and oxygen atoms in total. The summed E-state index contributed by atoms with van der Waals surface area (Å²) >= 11 is 0. The predicted molar refractivity (Wildman–Crippen MR) is 194 cm³/mol. The molecular weight excluding hydrogens is 719 g/mol. The number of rotatable bonds is 13. The summed E-state index contributed by atoms with van der Waals surface area (Å²) in [6, 6.07) is 1.02. The number of amides is 5. The van der Waals surface area contributed by atoms with Gasteiger partial charge >= 0.3 is 6.18 Å². The van der Waals surface area contributed by atoms with Crippen LogP contribution in [-0.4, -0.2) is 81.4 Å². The molecule has 2 unspecified atom stereocenters. The van der Waals surface area contributed by atoms with E-state index in [9.17, 15) is 41.9 Å². The molecule has 5 amide bonds. The molecule has 2 aliphatic carbocycles. The number of nitrogens with one attached hydrogen (secondary N) is 3. The Morgan fingerprint density at radius 2 is 1.55 bits per heavy atom. The Kier molecular flexibility index (Phi) is 13.0. The van der Waals surface area contributed by atoms with Gasteiger partial charge in [0.2, 0.25) is 23.5 Å². The lowest BCUT2D eigenvalue weighted by molar-refractivity contribution is -0.140. The molecule has 3 fully saturated rings. The minimum Gasteiger partial charge on any atom is -0.363 e. The highest BCUT2D eigenvalue weighted by atomic mass is 19.4. The third-order valence-corrected chi connectivity index (χ3v) is 11.2. The summed E-state index contributed by atoms with van der Waals surface area (Å²) in [5.74, 6) is -6.40. The van der Waals surface area contributed by atoms with Gasteiger partial charge < -0.3 is 26.6 Å². The summed E-state index contributed by atoms with van der Waals surface area (Å²) in [4.78, 5) is 90.0. The van der Waals surface area contributed by atoms with Gasteiger partial charge in [-0.2, -0.15) is 13.2 Å². The van der Waals surface area contributed by atoms with Crippen LogP contribution in [0.15, 0.2) is 42.9 Å². The number of hydrogen-bond acceptors (Lipinski definition) is 8. The van der Waals surface area contributed by atoms with E-state index in [1.54, 1.807) is 20.8 Å². The number of Topliss-reactive ketones (excluding diaryl/α,β-unsaturated/α-hetero) is 1. The van der Waals surface area contributed by atoms with Crippen LogP contribution in [0.3, 0.4) is 0 Å². The maximum Gasteiger partial charge on any atom is 0.416 e. The predicted octanol–water partition coefficient (Wildman–Crippen LogP) is 3.68. The normalized spacial score (nSPS) is 21.1. The van der Waals surface area contributed by atoms with Crippen LogP contribution >= 0.6 is 0 Å². The molecule has 1 aliphatic heterocycles. The van der Waals surface area contributed by atoms with Crippen molar-refractivity contribution in [3.8, 4) is 0 Å². The van der Waals surface area contributed by atoms with Gasteiger partial charge in [0.25, 0.3) is 11.8 Å². The van der Waals surface area contributed by atoms with Crippen molar-refractivity contribution in [2.75, 3.05) is 13.1 Å². The molecule has 5 atom stereocenters. The van der Waals surface area contributed by atoms with Crippen LogP contribution in [0.25, 0.3) is 0 Å². The van der Waals surface area contributed by atoms with Crippen molar-refractivity contribution >= 4 is 35.3 Å². The molecule has 5 rings (SSSR count). The third kappa shape index (κ3) is 10.3. The van der Waals surface area contributed by atoms with E-state index in [0.29, 0.717) is 18.4 Å². The summed E-state index contributed by atoms with van der Waals surface area (Å²) in [7, 11) is 0. The molecule has 2 heterocycles. The number of carbonyl (C=O) groups is 6. The molecule has 2 saturated carbocycles. The minimum absolute atomic E-state index is 0.0303. The molecule has 0 bridgehead atoms. The zero-order valence-corrected chi connectivity index (χ0v) is 31.4. The van der Waals surface area contributed by atoms with Gasteiger partial charge in [0.15, 0.2) is 0 Å². The summed E-state index contributed by atoms with van der Waals surface area (Å²) in [6.45, 7) is 5.01. The van der Waals surface area contributed by atoms with Crippen molar-refractivity contribution in [2.45, 2.75) is 109 Å². The van der Waals surface area contributed by atoms with Gasteiger partial charge in [-0.15, -0.1) is 0 Å². The molecule has 0 spiro atoms. The Hall–Kier alpha value is -4.89. The first-order valence-electron chi connectivity index (χ1n) is 18.9. The van der Waals surface area contributed by atoms with Crippen LogP contribution in [0, 0.1) is 23.2 Å². The third-order valence-electron chi connectivity index (χ3n) is 11.2. The Bertz CT molecular complexity index is 1720. The summed E-state index contributed by atoms with van der Waals surface area (Å²) in [5.41, 5.74) is 3.96. The molecule has 3 aliphatic rings. The lowest BCUT2D eigenvalue weighted by atomic mass is 9.80. The average Bonchev–Trinajstić information content (AvgIpc) is 3.59. The molecule has 298 valence electrons. The van der Waals surface area contributed by atoms with Crippen molar-refractivity contribution in [1.29, 1.82) is 0 Å². The zero-order valence-electron chi connectivity index (χ0n) is 31.4. The Labute approximate surface area is 318 Å². The highest BCUT2D eigenvalue weighted by Gasteiger charge is 2.46. The molecule has 1 aromatic heterocycles. The highest BCUT2D eigenvalue weighted by Crippen LogP contribution is 2.38. The fourth-order valence-electron chi connectivity index (χ4n) is 7.81. The van der Waals surface area contributed by atoms with Gasteiger partial charge in [0.05, 0.1) is 23.7 Å². The largest absolute Gasteiger partial charge is 0.416 e. The summed E-state index contributed by atoms with van der Waals surface area (Å²) in [5, 5.41) is 8.40. The topological polar surface area (TPSA) is 194 Å². The number of hydrogen-bond donors (Lipinski definition) is 4. The lowest BCUT2D eigenvalue weighted by Crippen LogP contribution is -2.60. The molecule has 1 aromatic carbocycles. The highest BCUT2D eigenvalue weighted by molar-refractivity contribution is 6.37. The zero-order chi connectivity index (χ0) is 40.1. The van der Waals surface area contributed by atoms with Gasteiger partial charge in [-0.05, 0) is 54.2 Å². The fraction of sp³-hybridized carbons (Fsp3) is 0.590. The first-order valence-corrected chi connectivity index (χ1v) is 18.9. The van der Waals surface area contributed by atoms with Crippen LogP contribution < -0.4 is 21.7 Å². The number of aromatic nitrogens is 2. The molecule has 16 heteroatoms. The number of nitrogens with two attached hydrogens (primary N) is 1. The van der Waals surface area contributed by atoms with Crippen molar-refractivity contribution in [3.05, 3.63) is 59.7 Å². The number of benzene rings is 1. The van der Waals surface area contributed by atoms with Crippen LogP contribution in [0.1, 0.15) is 106 Å². The van der Waals surface area contributed by atoms with Crippen molar-refractivity contribution in [3.63, 3.8) is 0 Å². The second-order valence-electron chi connectivity index (χ2n) is 16.1. The minimum atomic E-state index is -4.60. The Balaban J connectivity index is 1.41. The van der Waals surface area contributed by atoms with E-state index < -0.39 is 82.4 Å². The van der Waals surface area contributed by atoms with Crippen molar-refractivity contribution in [2.24, 2.45) is 28.9 Å². The van der Waals surface area contributed by atoms with E-state index >= 15 is 0 Å². The SMILES string of the molecule is CC(C)(C)[C@@H](NC(=O)[C@H](NC(=O)c1cnccn1)C1CCCCC1)C(=O)N1CC(C(=O)NC(CC2CCC2)C(=O)C(N)=O)[C@H](c2ccc(C(F)(F)F)cc2)C1. The number of carbonyl (C=O) groups excluding carboxylic acids is 6. The number of ketones is 1. The van der Waals surface area contributed by atoms with E-state index in [0.717, 1.165) is 50.7 Å². The van der Waals surface area contributed by atoms with E-state index in [-0.39, 0.29) is 37.0 Å². The van der Waals surface area contributed by atoms with E-state index in [1.165, 1.54) is 35.6 Å². The van der Waals surface area contributed by atoms with E-state index in [1.807, 2.05) is 0 Å². The first kappa shape index (κ1) is 41.3. The molecule has 5 N–H and O–H groups in total. The Morgan fingerprint density at radius 3 is 2.09 bits per heavy atom. The molecule has 1 saturated heterocycles. The van der Waals surface area contributed by atoms with Crippen molar-refractivity contribution in [1.82, 2.24) is 30.8 Å². The maximum absolute atomic E-state index is 14.5. The van der Waals surface area contributed by atoms with Gasteiger partial charge in [-0.3, -0.25) is 33.8 Å². The number of halogens is 3. The molecule has 0 radical (unpaired) electrons. The van der Waals surface area contributed by atoms with Crippen molar-refractivity contribution < 1.29 is 41.9 Å². The van der Waals surface area contributed by atoms with Gasteiger partial charge in [0, 0.05) is 31.4 Å². The quantitative estimate of drug-likeness (QED) is 0.222. The molecule has 55 heavy (non-hydrogen) atoms. The smallest absolute Gasteiger partial charge is 0.363 e. The average molecular weight is 770 g/mol. The monoisotopic (exact) mass is 769 g/mol. The van der Waals surface area contributed by atoms with E-state index in [4.69, 9.17) is 5.73 Å². The number of likely N-dealkylation sites (tertiary alicyclic amines) is 1. The van der Waals surface area contributed by atoms with Gasteiger partial charge in [-0.25, -0.2) is 4.98 Å². The number of primary amides is 1. The van der Waals surface area contributed by atoms with Gasteiger partial charge in [-0.1, -0.05) is 71.4 Å².